The summed E-state index contributed by atoms with van der Waals surface area (Å²) in [5.74, 6) is 2.55. The molecule has 2 aliphatic heterocycles. The van der Waals surface area contributed by atoms with Crippen LogP contribution in [-0.2, 0) is 0 Å². The van der Waals surface area contributed by atoms with Gasteiger partial charge in [0.15, 0.2) is 11.5 Å². The number of hydrogen-bond acceptors (Lipinski definition) is 4. The number of benzene rings is 1. The van der Waals surface area contributed by atoms with Gasteiger partial charge in [-0.05, 0) is 62.5 Å². The van der Waals surface area contributed by atoms with Crippen molar-refractivity contribution in [3.05, 3.63) is 41.1 Å². The van der Waals surface area contributed by atoms with Crippen molar-refractivity contribution >= 4 is 27.3 Å². The van der Waals surface area contributed by atoms with E-state index in [9.17, 15) is 0 Å². The van der Waals surface area contributed by atoms with Crippen molar-refractivity contribution in [3.8, 4) is 11.5 Å². The minimum atomic E-state index is 0.806. The monoisotopic (exact) mass is 373 g/mol. The van der Waals surface area contributed by atoms with Gasteiger partial charge in [-0.3, -0.25) is 4.98 Å². The summed E-state index contributed by atoms with van der Waals surface area (Å²) in [5, 5.41) is 3.44. The van der Waals surface area contributed by atoms with Crippen LogP contribution in [0.15, 0.2) is 41.1 Å². The van der Waals surface area contributed by atoms with Crippen molar-refractivity contribution < 1.29 is 4.74 Å². The van der Waals surface area contributed by atoms with Gasteiger partial charge < -0.3 is 15.0 Å². The molecule has 0 unspecified atom stereocenters. The average Bonchev–Trinajstić information content (AvgIpc) is 2.60. The number of halogens is 1. The molecule has 120 valence electrons. The highest BCUT2D eigenvalue weighted by molar-refractivity contribution is 9.10. The zero-order valence-corrected chi connectivity index (χ0v) is 14.6. The van der Waals surface area contributed by atoms with Crippen LogP contribution >= 0.6 is 15.9 Å². The fraction of sp³-hybridized carbons (Fsp3) is 0.389. The Morgan fingerprint density at radius 2 is 2.04 bits per heavy atom. The molecule has 5 heteroatoms. The van der Waals surface area contributed by atoms with Crippen molar-refractivity contribution in [2.75, 3.05) is 24.5 Å². The Balaban J connectivity index is 1.62. The summed E-state index contributed by atoms with van der Waals surface area (Å²) < 4.78 is 7.09. The lowest BCUT2D eigenvalue weighted by molar-refractivity contribution is 0.356. The molecule has 4 nitrogen and oxygen atoms in total. The first-order valence-electron chi connectivity index (χ1n) is 8.21. The molecule has 1 fully saturated rings. The SMILES string of the molecule is Brc1ccc2c(c1)N(CCC1CCNCC1)c1ccncc1O2. The number of aromatic nitrogens is 1. The summed E-state index contributed by atoms with van der Waals surface area (Å²) in [6, 6.07) is 8.22. The van der Waals surface area contributed by atoms with E-state index in [1.165, 1.54) is 19.3 Å². The summed E-state index contributed by atoms with van der Waals surface area (Å²) in [4.78, 5) is 6.58. The summed E-state index contributed by atoms with van der Waals surface area (Å²) in [5.41, 5.74) is 2.24. The molecule has 0 aliphatic carbocycles. The standard InChI is InChI=1S/C18H20BrN3O/c19-14-1-2-17-16(11-14)22(10-6-13-3-7-20-8-4-13)15-5-9-21-12-18(15)23-17/h1-2,5,9,11-13,20H,3-4,6-8,10H2. The van der Waals surface area contributed by atoms with Gasteiger partial charge in [0.2, 0.25) is 0 Å². The molecule has 0 spiro atoms. The van der Waals surface area contributed by atoms with E-state index in [1.807, 2.05) is 24.4 Å². The Bertz CT molecular complexity index is 700. The van der Waals surface area contributed by atoms with Gasteiger partial charge in [0.05, 0.1) is 17.6 Å². The fourth-order valence-electron chi connectivity index (χ4n) is 3.43. The van der Waals surface area contributed by atoms with Gasteiger partial charge in [-0.1, -0.05) is 15.9 Å². The smallest absolute Gasteiger partial charge is 0.169 e. The molecule has 2 aromatic rings. The first-order chi connectivity index (χ1) is 11.3. The molecule has 0 radical (unpaired) electrons. The van der Waals surface area contributed by atoms with Crippen LogP contribution in [0.1, 0.15) is 19.3 Å². The van der Waals surface area contributed by atoms with E-state index in [0.29, 0.717) is 0 Å². The molecular weight excluding hydrogens is 354 g/mol. The highest BCUT2D eigenvalue weighted by Gasteiger charge is 2.25. The average molecular weight is 374 g/mol. The van der Waals surface area contributed by atoms with Crippen molar-refractivity contribution in [3.63, 3.8) is 0 Å². The molecular formula is C18H20BrN3O. The van der Waals surface area contributed by atoms with Crippen molar-refractivity contribution in [2.45, 2.75) is 19.3 Å². The lowest BCUT2D eigenvalue weighted by Crippen LogP contribution is -2.30. The Labute approximate surface area is 145 Å². The molecule has 2 aliphatic rings. The molecule has 1 saturated heterocycles. The molecule has 0 saturated carbocycles. The number of nitrogens with zero attached hydrogens (tertiary/aromatic N) is 2. The van der Waals surface area contributed by atoms with Gasteiger partial charge in [-0.25, -0.2) is 0 Å². The predicted molar refractivity (Wildman–Crippen MR) is 95.7 cm³/mol. The van der Waals surface area contributed by atoms with E-state index in [-0.39, 0.29) is 0 Å². The molecule has 4 rings (SSSR count). The number of pyridine rings is 1. The number of piperidine rings is 1. The van der Waals surface area contributed by atoms with Crippen LogP contribution in [0.5, 0.6) is 11.5 Å². The fourth-order valence-corrected chi connectivity index (χ4v) is 3.78. The first-order valence-corrected chi connectivity index (χ1v) is 9.00. The lowest BCUT2D eigenvalue weighted by Gasteiger charge is -2.34. The maximum absolute atomic E-state index is 6.02. The van der Waals surface area contributed by atoms with E-state index in [2.05, 4.69) is 37.2 Å². The van der Waals surface area contributed by atoms with Gasteiger partial charge in [-0.2, -0.15) is 0 Å². The third-order valence-electron chi connectivity index (χ3n) is 4.70. The molecule has 1 aromatic carbocycles. The van der Waals surface area contributed by atoms with Crippen molar-refractivity contribution in [1.29, 1.82) is 0 Å². The molecule has 3 heterocycles. The van der Waals surface area contributed by atoms with Crippen LogP contribution in [0.3, 0.4) is 0 Å². The van der Waals surface area contributed by atoms with Gasteiger partial charge in [0.25, 0.3) is 0 Å². The van der Waals surface area contributed by atoms with Crippen LogP contribution in [-0.4, -0.2) is 24.6 Å². The van der Waals surface area contributed by atoms with Gasteiger partial charge >= 0.3 is 0 Å². The number of anilines is 2. The van der Waals surface area contributed by atoms with Crippen molar-refractivity contribution in [1.82, 2.24) is 10.3 Å². The number of ether oxygens (including phenoxy) is 1. The largest absolute Gasteiger partial charge is 0.451 e. The number of fused-ring (bicyclic) bond motifs is 2. The summed E-state index contributed by atoms with van der Waals surface area (Å²) in [6.07, 6.45) is 7.40. The quantitative estimate of drug-likeness (QED) is 0.860. The highest BCUT2D eigenvalue weighted by atomic mass is 79.9. The zero-order valence-electron chi connectivity index (χ0n) is 13.0. The van der Waals surface area contributed by atoms with Crippen LogP contribution < -0.4 is 15.0 Å². The first kappa shape index (κ1) is 15.0. The van der Waals surface area contributed by atoms with E-state index < -0.39 is 0 Å². The Kier molecular flexibility index (Phi) is 4.23. The molecule has 1 N–H and O–H groups in total. The van der Waals surface area contributed by atoms with E-state index in [0.717, 1.165) is 52.9 Å². The molecule has 0 amide bonds. The normalized spacial score (nSPS) is 17.3. The van der Waals surface area contributed by atoms with E-state index in [1.54, 1.807) is 6.20 Å². The second-order valence-corrected chi connectivity index (χ2v) is 7.11. The van der Waals surface area contributed by atoms with Crippen LogP contribution in [0.4, 0.5) is 11.4 Å². The zero-order chi connectivity index (χ0) is 15.6. The minimum Gasteiger partial charge on any atom is -0.451 e. The third-order valence-corrected chi connectivity index (χ3v) is 5.20. The second kappa shape index (κ2) is 6.49. The minimum absolute atomic E-state index is 0.806. The molecule has 0 atom stereocenters. The summed E-state index contributed by atoms with van der Waals surface area (Å²) in [6.45, 7) is 3.31. The Morgan fingerprint density at radius 1 is 1.17 bits per heavy atom. The topological polar surface area (TPSA) is 37.4 Å². The number of nitrogens with one attached hydrogen (secondary N) is 1. The molecule has 0 bridgehead atoms. The summed E-state index contributed by atoms with van der Waals surface area (Å²) >= 11 is 3.58. The molecule has 23 heavy (non-hydrogen) atoms. The van der Waals surface area contributed by atoms with E-state index >= 15 is 0 Å². The van der Waals surface area contributed by atoms with Gasteiger partial charge in [0, 0.05) is 17.2 Å². The van der Waals surface area contributed by atoms with Crippen LogP contribution in [0.2, 0.25) is 0 Å². The Morgan fingerprint density at radius 3 is 2.91 bits per heavy atom. The maximum Gasteiger partial charge on any atom is 0.169 e. The molecule has 1 aromatic heterocycles. The summed E-state index contributed by atoms with van der Waals surface area (Å²) in [7, 11) is 0. The predicted octanol–water partition coefficient (Wildman–Crippen LogP) is 4.48. The van der Waals surface area contributed by atoms with E-state index in [4.69, 9.17) is 4.74 Å². The maximum atomic E-state index is 6.02. The third kappa shape index (κ3) is 3.08. The van der Waals surface area contributed by atoms with Crippen molar-refractivity contribution in [2.24, 2.45) is 5.92 Å². The van der Waals surface area contributed by atoms with Crippen LogP contribution in [0.25, 0.3) is 0 Å². The lowest BCUT2D eigenvalue weighted by atomic mass is 9.94. The van der Waals surface area contributed by atoms with Crippen LogP contribution in [0, 0.1) is 5.92 Å². The number of hydrogen-bond donors (Lipinski definition) is 1. The number of rotatable bonds is 3. The second-order valence-electron chi connectivity index (χ2n) is 6.19. The van der Waals surface area contributed by atoms with Gasteiger partial charge in [0.1, 0.15) is 0 Å². The highest BCUT2D eigenvalue weighted by Crippen LogP contribution is 2.47. The van der Waals surface area contributed by atoms with Gasteiger partial charge in [-0.15, -0.1) is 0 Å². The Hall–Kier alpha value is -1.59.